The first-order chi connectivity index (χ1) is 13.7. The quantitative estimate of drug-likeness (QED) is 0.247. The highest BCUT2D eigenvalue weighted by atomic mass is 16.5. The summed E-state index contributed by atoms with van der Waals surface area (Å²) in [4.78, 5) is 24.0. The van der Waals surface area contributed by atoms with Crippen LogP contribution in [0.2, 0.25) is 0 Å². The maximum Gasteiger partial charge on any atom is 0.338 e. The summed E-state index contributed by atoms with van der Waals surface area (Å²) >= 11 is 0. The van der Waals surface area contributed by atoms with Gasteiger partial charge in [-0.05, 0) is 37.1 Å². The summed E-state index contributed by atoms with van der Waals surface area (Å²) in [6.45, 7) is 4.87. The zero-order valence-electron chi connectivity index (χ0n) is 17.9. The second kappa shape index (κ2) is 16.1. The van der Waals surface area contributed by atoms with Crippen molar-refractivity contribution >= 4 is 17.6 Å². The molecule has 4 nitrogen and oxygen atoms in total. The van der Waals surface area contributed by atoms with Crippen LogP contribution < -0.4 is 5.32 Å². The zero-order chi connectivity index (χ0) is 20.5. The van der Waals surface area contributed by atoms with Gasteiger partial charge in [0.25, 0.3) is 0 Å². The Labute approximate surface area is 171 Å². The number of hydrogen-bond acceptors (Lipinski definition) is 3. The Balaban J connectivity index is 2.19. The number of anilines is 1. The van der Waals surface area contributed by atoms with Crippen molar-refractivity contribution in [1.29, 1.82) is 0 Å². The van der Waals surface area contributed by atoms with Crippen molar-refractivity contribution in [3.63, 3.8) is 0 Å². The van der Waals surface area contributed by atoms with Gasteiger partial charge in [0.05, 0.1) is 12.2 Å². The second-order valence-corrected chi connectivity index (χ2v) is 7.55. The maximum atomic E-state index is 12.0. The molecule has 1 aromatic rings. The second-order valence-electron chi connectivity index (χ2n) is 7.55. The molecule has 0 aliphatic heterocycles. The number of amides is 1. The molecule has 1 rings (SSSR count). The first-order valence-corrected chi connectivity index (χ1v) is 11.2. The molecule has 0 spiro atoms. The summed E-state index contributed by atoms with van der Waals surface area (Å²) in [6.07, 6.45) is 14.6. The highest BCUT2D eigenvalue weighted by Gasteiger charge is 2.08. The van der Waals surface area contributed by atoms with Crippen LogP contribution in [-0.4, -0.2) is 18.5 Å². The van der Waals surface area contributed by atoms with Crippen LogP contribution in [0.3, 0.4) is 0 Å². The number of carbonyl (C=O) groups excluding carboxylic acids is 2. The molecule has 0 atom stereocenters. The molecule has 158 valence electrons. The lowest BCUT2D eigenvalue weighted by molar-refractivity contribution is -0.116. The smallest absolute Gasteiger partial charge is 0.338 e. The first kappa shape index (κ1) is 24.2. The van der Waals surface area contributed by atoms with Gasteiger partial charge in [-0.1, -0.05) is 78.1 Å². The number of carbonyl (C=O) groups is 2. The van der Waals surface area contributed by atoms with Crippen LogP contribution in [0.5, 0.6) is 0 Å². The van der Waals surface area contributed by atoms with Crippen LogP contribution in [0, 0.1) is 0 Å². The van der Waals surface area contributed by atoms with E-state index in [2.05, 4.69) is 19.2 Å². The molecule has 1 N–H and O–H groups in total. The highest BCUT2D eigenvalue weighted by Crippen LogP contribution is 2.13. The number of hydrogen-bond donors (Lipinski definition) is 1. The topological polar surface area (TPSA) is 55.4 Å². The fourth-order valence-electron chi connectivity index (χ4n) is 3.11. The molecule has 0 radical (unpaired) electrons. The van der Waals surface area contributed by atoms with Gasteiger partial charge in [-0.3, -0.25) is 4.79 Å². The van der Waals surface area contributed by atoms with Gasteiger partial charge >= 0.3 is 5.97 Å². The Morgan fingerprint density at radius 3 is 1.89 bits per heavy atom. The van der Waals surface area contributed by atoms with Crippen molar-refractivity contribution in [1.82, 2.24) is 0 Å². The van der Waals surface area contributed by atoms with Gasteiger partial charge in [-0.15, -0.1) is 0 Å². The molecule has 0 heterocycles. The molecular weight excluding hydrogens is 350 g/mol. The molecule has 0 unspecified atom stereocenters. The van der Waals surface area contributed by atoms with Crippen LogP contribution in [0.25, 0.3) is 0 Å². The molecule has 0 fully saturated rings. The van der Waals surface area contributed by atoms with Crippen molar-refractivity contribution in [2.24, 2.45) is 0 Å². The summed E-state index contributed by atoms with van der Waals surface area (Å²) in [7, 11) is 0. The van der Waals surface area contributed by atoms with Crippen LogP contribution in [-0.2, 0) is 9.53 Å². The van der Waals surface area contributed by atoms with E-state index >= 15 is 0 Å². The van der Waals surface area contributed by atoms with Crippen molar-refractivity contribution in [3.8, 4) is 0 Å². The Kier molecular flexibility index (Phi) is 14.0. The number of benzene rings is 1. The Morgan fingerprint density at radius 1 is 0.750 bits per heavy atom. The third-order valence-electron chi connectivity index (χ3n) is 4.89. The summed E-state index contributed by atoms with van der Waals surface area (Å²) in [6, 6.07) is 6.95. The Bertz CT molecular complexity index is 539. The van der Waals surface area contributed by atoms with Gasteiger partial charge in [0.2, 0.25) is 5.91 Å². The SMILES string of the molecule is CCCCCCCCCC(=O)Nc1ccc(C(=O)OCCCCCCC)cc1. The van der Waals surface area contributed by atoms with E-state index in [1.54, 1.807) is 24.3 Å². The van der Waals surface area contributed by atoms with Gasteiger partial charge in [0, 0.05) is 12.1 Å². The van der Waals surface area contributed by atoms with E-state index in [4.69, 9.17) is 4.74 Å². The minimum Gasteiger partial charge on any atom is -0.462 e. The fraction of sp³-hybridized carbons (Fsp3) is 0.667. The fourth-order valence-corrected chi connectivity index (χ4v) is 3.11. The monoisotopic (exact) mass is 389 g/mol. The van der Waals surface area contributed by atoms with Gasteiger partial charge in [0.1, 0.15) is 0 Å². The molecule has 0 saturated heterocycles. The molecular formula is C24H39NO3. The van der Waals surface area contributed by atoms with E-state index < -0.39 is 0 Å². The average molecular weight is 390 g/mol. The molecule has 28 heavy (non-hydrogen) atoms. The molecule has 1 amide bonds. The van der Waals surface area contributed by atoms with Crippen LogP contribution >= 0.6 is 0 Å². The predicted octanol–water partition coefficient (Wildman–Crippen LogP) is 6.89. The number of nitrogens with one attached hydrogen (secondary N) is 1. The van der Waals surface area contributed by atoms with Gasteiger partial charge < -0.3 is 10.1 Å². The van der Waals surface area contributed by atoms with Gasteiger partial charge in [-0.2, -0.15) is 0 Å². The maximum absolute atomic E-state index is 12.0. The minimum atomic E-state index is -0.295. The van der Waals surface area contributed by atoms with E-state index in [1.165, 1.54) is 51.4 Å². The Hall–Kier alpha value is -1.84. The highest BCUT2D eigenvalue weighted by molar-refractivity contribution is 5.93. The van der Waals surface area contributed by atoms with Crippen LogP contribution in [0.15, 0.2) is 24.3 Å². The summed E-state index contributed by atoms with van der Waals surface area (Å²) < 4.78 is 5.30. The van der Waals surface area contributed by atoms with E-state index in [0.29, 0.717) is 18.6 Å². The van der Waals surface area contributed by atoms with Crippen molar-refractivity contribution in [3.05, 3.63) is 29.8 Å². The minimum absolute atomic E-state index is 0.0379. The van der Waals surface area contributed by atoms with Crippen LogP contribution in [0.4, 0.5) is 5.69 Å². The lowest BCUT2D eigenvalue weighted by atomic mass is 10.1. The summed E-state index contributed by atoms with van der Waals surface area (Å²) in [5.41, 5.74) is 1.25. The van der Waals surface area contributed by atoms with Gasteiger partial charge in [0.15, 0.2) is 0 Å². The molecule has 4 heteroatoms. The molecule has 0 aliphatic rings. The van der Waals surface area contributed by atoms with Gasteiger partial charge in [-0.25, -0.2) is 4.79 Å². The number of rotatable bonds is 16. The predicted molar refractivity (Wildman–Crippen MR) is 117 cm³/mol. The summed E-state index contributed by atoms with van der Waals surface area (Å²) in [5, 5.41) is 2.90. The van der Waals surface area contributed by atoms with Crippen LogP contribution in [0.1, 0.15) is 108 Å². The van der Waals surface area contributed by atoms with E-state index in [1.807, 2.05) is 0 Å². The third kappa shape index (κ3) is 11.8. The molecule has 1 aromatic carbocycles. The molecule has 0 saturated carbocycles. The lowest BCUT2D eigenvalue weighted by Gasteiger charge is -2.07. The average Bonchev–Trinajstić information content (AvgIpc) is 2.70. The number of ether oxygens (including phenoxy) is 1. The summed E-state index contributed by atoms with van der Waals surface area (Å²) in [5.74, 6) is -0.257. The normalized spacial score (nSPS) is 10.6. The van der Waals surface area contributed by atoms with E-state index in [-0.39, 0.29) is 11.9 Å². The standard InChI is InChI=1S/C24H39NO3/c1-3-5-7-9-10-11-13-15-23(26)25-22-18-16-21(17-19-22)24(27)28-20-14-12-8-6-4-2/h16-19H,3-15,20H2,1-2H3,(H,25,26). The third-order valence-corrected chi connectivity index (χ3v) is 4.89. The zero-order valence-corrected chi connectivity index (χ0v) is 17.9. The van der Waals surface area contributed by atoms with E-state index in [0.717, 1.165) is 31.4 Å². The van der Waals surface area contributed by atoms with Crippen molar-refractivity contribution in [2.45, 2.75) is 97.3 Å². The Morgan fingerprint density at radius 2 is 1.29 bits per heavy atom. The van der Waals surface area contributed by atoms with E-state index in [9.17, 15) is 9.59 Å². The molecule has 0 bridgehead atoms. The number of unbranched alkanes of at least 4 members (excludes halogenated alkanes) is 10. The molecule has 0 aliphatic carbocycles. The van der Waals surface area contributed by atoms with Crippen molar-refractivity contribution in [2.75, 3.05) is 11.9 Å². The first-order valence-electron chi connectivity index (χ1n) is 11.2. The lowest BCUT2D eigenvalue weighted by Crippen LogP contribution is -2.11. The molecule has 0 aromatic heterocycles. The largest absolute Gasteiger partial charge is 0.462 e. The number of esters is 1. The van der Waals surface area contributed by atoms with Crippen molar-refractivity contribution < 1.29 is 14.3 Å².